The van der Waals surface area contributed by atoms with Crippen molar-refractivity contribution in [2.24, 2.45) is 14.1 Å². The van der Waals surface area contributed by atoms with E-state index < -0.39 is 17.5 Å². The van der Waals surface area contributed by atoms with Gasteiger partial charge in [-0.3, -0.25) is 4.79 Å². The number of hydrogen-bond acceptors (Lipinski definition) is 5. The van der Waals surface area contributed by atoms with Gasteiger partial charge in [0, 0.05) is 24.7 Å². The van der Waals surface area contributed by atoms with E-state index in [-0.39, 0.29) is 17.7 Å². The molecule has 9 heteroatoms. The molecular weight excluding hydrogens is 469 g/mol. The zero-order valence-corrected chi connectivity index (χ0v) is 19.6. The number of ether oxygens (including phenoxy) is 1. The second-order valence-electron chi connectivity index (χ2n) is 7.88. The van der Waals surface area contributed by atoms with Crippen LogP contribution in [0.15, 0.2) is 65.8 Å². The lowest BCUT2D eigenvalue weighted by Gasteiger charge is -2.22. The zero-order valence-electron chi connectivity index (χ0n) is 18.9. The Morgan fingerprint density at radius 1 is 1.11 bits per heavy atom. The normalized spacial score (nSPS) is 11.6. The van der Waals surface area contributed by atoms with Gasteiger partial charge in [-0.15, -0.1) is 0 Å². The fraction of sp³-hybridized carbons (Fsp3) is 0.154. The smallest absolute Gasteiger partial charge is 0.268 e. The topological polar surface area (TPSA) is 96.6 Å². The third-order valence-electron chi connectivity index (χ3n) is 5.72. The maximum Gasteiger partial charge on any atom is 0.268 e. The largest absolute Gasteiger partial charge is 0.361 e. The van der Waals surface area contributed by atoms with E-state index in [0.29, 0.717) is 33.1 Å². The molecule has 2 aromatic heterocycles. The number of halogens is 2. The minimum Gasteiger partial charge on any atom is -0.361 e. The third kappa shape index (κ3) is 4.71. The lowest BCUT2D eigenvalue weighted by atomic mass is 10.0. The summed E-state index contributed by atoms with van der Waals surface area (Å²) in [6, 6.07) is 16.6. The van der Waals surface area contributed by atoms with Crippen LogP contribution in [0.25, 0.3) is 11.1 Å². The SMILES string of the molecule is Cn1cncc1C(OCc1c(-c2cccc(Cl)c2)cc(C#N)c(=O)n1C)c1ccc(C#N)c(F)c1. The first-order valence-electron chi connectivity index (χ1n) is 10.5. The van der Waals surface area contributed by atoms with Gasteiger partial charge in [0.25, 0.3) is 5.56 Å². The summed E-state index contributed by atoms with van der Waals surface area (Å²) in [5, 5.41) is 19.0. The predicted molar refractivity (Wildman–Crippen MR) is 128 cm³/mol. The van der Waals surface area contributed by atoms with Crippen molar-refractivity contribution in [3.63, 3.8) is 0 Å². The molecule has 7 nitrogen and oxygen atoms in total. The highest BCUT2D eigenvalue weighted by Gasteiger charge is 2.22. The quantitative estimate of drug-likeness (QED) is 0.395. The van der Waals surface area contributed by atoms with E-state index in [0.717, 1.165) is 0 Å². The Morgan fingerprint density at radius 2 is 1.89 bits per heavy atom. The molecule has 1 unspecified atom stereocenters. The molecule has 4 rings (SSSR count). The number of aryl methyl sites for hydroxylation is 1. The summed E-state index contributed by atoms with van der Waals surface area (Å²) in [5.41, 5.74) is 2.42. The first kappa shape index (κ1) is 23.9. The van der Waals surface area contributed by atoms with Gasteiger partial charge in [0.1, 0.15) is 29.6 Å². The molecule has 35 heavy (non-hydrogen) atoms. The summed E-state index contributed by atoms with van der Waals surface area (Å²) in [7, 11) is 3.35. The van der Waals surface area contributed by atoms with Gasteiger partial charge in [-0.2, -0.15) is 10.5 Å². The summed E-state index contributed by atoms with van der Waals surface area (Å²) >= 11 is 6.19. The number of nitriles is 2. The Balaban J connectivity index is 1.81. The van der Waals surface area contributed by atoms with Gasteiger partial charge in [0.15, 0.2) is 0 Å². The van der Waals surface area contributed by atoms with E-state index in [2.05, 4.69) is 4.98 Å². The van der Waals surface area contributed by atoms with Crippen molar-refractivity contribution < 1.29 is 9.13 Å². The number of aromatic nitrogens is 3. The van der Waals surface area contributed by atoms with Gasteiger partial charge < -0.3 is 13.9 Å². The third-order valence-corrected chi connectivity index (χ3v) is 5.96. The molecular formula is C26H19ClFN5O2. The van der Waals surface area contributed by atoms with Crippen LogP contribution in [0.2, 0.25) is 5.02 Å². The Hall–Kier alpha value is -4.24. The Labute approximate surface area is 205 Å². The molecule has 1 atom stereocenters. The average Bonchev–Trinajstić information content (AvgIpc) is 3.27. The molecule has 2 heterocycles. The van der Waals surface area contributed by atoms with Crippen molar-refractivity contribution >= 4 is 11.6 Å². The maximum absolute atomic E-state index is 14.5. The number of pyridine rings is 1. The van der Waals surface area contributed by atoms with Crippen LogP contribution >= 0.6 is 11.6 Å². The van der Waals surface area contributed by atoms with E-state index in [9.17, 15) is 14.4 Å². The molecule has 0 radical (unpaired) electrons. The van der Waals surface area contributed by atoms with Crippen LogP contribution in [0.1, 0.15) is 34.2 Å². The van der Waals surface area contributed by atoms with Gasteiger partial charge in [0.05, 0.1) is 36.1 Å². The van der Waals surface area contributed by atoms with Gasteiger partial charge in [-0.05, 0) is 41.5 Å². The molecule has 0 aliphatic heterocycles. The highest BCUT2D eigenvalue weighted by atomic mass is 35.5. The lowest BCUT2D eigenvalue weighted by molar-refractivity contribution is 0.0583. The van der Waals surface area contributed by atoms with Gasteiger partial charge in [-0.25, -0.2) is 9.37 Å². The van der Waals surface area contributed by atoms with Gasteiger partial charge >= 0.3 is 0 Å². The monoisotopic (exact) mass is 487 g/mol. The van der Waals surface area contributed by atoms with E-state index in [4.69, 9.17) is 21.6 Å². The van der Waals surface area contributed by atoms with E-state index >= 15 is 0 Å². The molecule has 0 aliphatic carbocycles. The number of rotatable bonds is 6. The molecule has 0 saturated carbocycles. The van der Waals surface area contributed by atoms with Crippen LogP contribution in [-0.4, -0.2) is 14.1 Å². The van der Waals surface area contributed by atoms with Crippen molar-refractivity contribution in [3.05, 3.63) is 110 Å². The van der Waals surface area contributed by atoms with Crippen LogP contribution in [0, 0.1) is 28.5 Å². The molecule has 0 spiro atoms. The van der Waals surface area contributed by atoms with Crippen molar-refractivity contribution in [2.45, 2.75) is 12.7 Å². The Morgan fingerprint density at radius 3 is 2.51 bits per heavy atom. The molecule has 0 aliphatic rings. The van der Waals surface area contributed by atoms with Crippen molar-refractivity contribution in [2.75, 3.05) is 0 Å². The van der Waals surface area contributed by atoms with E-state index in [1.54, 1.807) is 55.5 Å². The number of nitrogens with zero attached hydrogens (tertiary/aromatic N) is 5. The molecule has 4 aromatic rings. The molecule has 2 aromatic carbocycles. The highest BCUT2D eigenvalue weighted by molar-refractivity contribution is 6.30. The average molecular weight is 488 g/mol. The Kier molecular flexibility index (Phi) is 6.79. The minimum atomic E-state index is -0.748. The first-order chi connectivity index (χ1) is 16.8. The molecule has 0 bridgehead atoms. The number of benzene rings is 2. The molecule has 174 valence electrons. The molecule has 0 saturated heterocycles. The van der Waals surface area contributed by atoms with Crippen LogP contribution in [0.3, 0.4) is 0 Å². The highest BCUT2D eigenvalue weighted by Crippen LogP contribution is 2.31. The van der Waals surface area contributed by atoms with Crippen LogP contribution in [-0.2, 0) is 25.4 Å². The Bertz CT molecular complexity index is 1560. The second kappa shape index (κ2) is 9.94. The summed E-state index contributed by atoms with van der Waals surface area (Å²) in [6.45, 7) is -0.0449. The van der Waals surface area contributed by atoms with E-state index in [1.807, 2.05) is 18.2 Å². The summed E-state index contributed by atoms with van der Waals surface area (Å²) in [6.07, 6.45) is 2.46. The summed E-state index contributed by atoms with van der Waals surface area (Å²) < 4.78 is 23.9. The number of imidazole rings is 1. The first-order valence-corrected chi connectivity index (χ1v) is 10.9. The lowest BCUT2D eigenvalue weighted by Crippen LogP contribution is -2.25. The summed E-state index contributed by atoms with van der Waals surface area (Å²) in [5.74, 6) is -0.661. The second-order valence-corrected chi connectivity index (χ2v) is 8.31. The maximum atomic E-state index is 14.5. The van der Waals surface area contributed by atoms with Gasteiger partial charge in [-0.1, -0.05) is 29.8 Å². The number of hydrogen-bond donors (Lipinski definition) is 0. The fourth-order valence-electron chi connectivity index (χ4n) is 3.85. The zero-order chi connectivity index (χ0) is 25.1. The van der Waals surface area contributed by atoms with Crippen molar-refractivity contribution in [1.82, 2.24) is 14.1 Å². The molecule has 0 fully saturated rings. The molecule has 0 N–H and O–H groups in total. The van der Waals surface area contributed by atoms with Crippen LogP contribution in [0.5, 0.6) is 0 Å². The summed E-state index contributed by atoms with van der Waals surface area (Å²) in [4.78, 5) is 16.9. The molecule has 0 amide bonds. The van der Waals surface area contributed by atoms with Crippen LogP contribution in [0.4, 0.5) is 4.39 Å². The van der Waals surface area contributed by atoms with Crippen LogP contribution < -0.4 is 5.56 Å². The van der Waals surface area contributed by atoms with Crippen molar-refractivity contribution in [1.29, 1.82) is 10.5 Å². The van der Waals surface area contributed by atoms with E-state index in [1.165, 1.54) is 22.8 Å². The predicted octanol–water partition coefficient (Wildman–Crippen LogP) is 4.63. The standard InChI is InChI=1S/C26H19ClFN5O2/c1-32-15-31-13-23(32)25(17-6-7-18(11-29)22(28)10-17)35-14-24-21(16-4-3-5-20(27)8-16)9-19(12-30)26(34)33(24)2/h3-10,13,15,25H,14H2,1-2H3. The minimum absolute atomic E-state index is 0.0106. The van der Waals surface area contributed by atoms with Crippen molar-refractivity contribution in [3.8, 4) is 23.3 Å². The van der Waals surface area contributed by atoms with Gasteiger partial charge in [0.2, 0.25) is 0 Å². The fourth-order valence-corrected chi connectivity index (χ4v) is 4.04.